The Morgan fingerprint density at radius 1 is 0.397 bits per heavy atom. The van der Waals surface area contributed by atoms with Gasteiger partial charge >= 0.3 is 24.4 Å². The summed E-state index contributed by atoms with van der Waals surface area (Å²) in [6, 6.07) is 0. The molecule has 22 heteroatoms. The van der Waals surface area contributed by atoms with Gasteiger partial charge in [-0.15, -0.1) is 0 Å². The highest BCUT2D eigenvalue weighted by molar-refractivity contribution is 7.87. The molecule has 0 rings (SSSR count). The first kappa shape index (κ1) is 68.6. The van der Waals surface area contributed by atoms with E-state index < -0.39 is 44.4 Å². The van der Waals surface area contributed by atoms with Crippen molar-refractivity contribution in [1.82, 2.24) is 0 Å². The monoisotopic (exact) mass is 921 g/mol. The van der Waals surface area contributed by atoms with Crippen molar-refractivity contribution >= 4 is 20.0 Å². The Morgan fingerprint density at radius 3 is 0.534 bits per heavy atom. The Labute approximate surface area is 343 Å². The third kappa shape index (κ3) is 49.3. The van der Waals surface area contributed by atoms with E-state index in [0.717, 1.165) is 0 Å². The molecular weight excluding hydrogens is 845 g/mol. The zero-order chi connectivity index (χ0) is 47.1. The summed E-state index contributed by atoms with van der Waals surface area (Å²) in [5.41, 5.74) is -10.8. The number of halogens is 12. The second-order valence-electron chi connectivity index (χ2n) is 13.7. The maximum atomic E-state index is 10.8. The van der Waals surface area contributed by atoms with Gasteiger partial charge in [0.2, 0.25) is 0 Å². The van der Waals surface area contributed by atoms with E-state index in [0.29, 0.717) is 0 Å². The number of quaternary nitrogens is 2. The van der Waals surface area contributed by atoms with Crippen molar-refractivity contribution in [2.45, 2.75) is 182 Å². The van der Waals surface area contributed by atoms with Gasteiger partial charge in [0.25, 0.3) is 0 Å². The van der Waals surface area contributed by atoms with Gasteiger partial charge in [-0.1, -0.05) is 107 Å². The van der Waals surface area contributed by atoms with Gasteiger partial charge < -0.3 is 18.1 Å². The fraction of sp³-hybridized carbons (Fsp3) is 1.00. The van der Waals surface area contributed by atoms with E-state index in [1.54, 1.807) is 0 Å². The molecule has 0 fully saturated rings. The highest BCUT2D eigenvalue weighted by Gasteiger charge is 2.34. The lowest BCUT2D eigenvalue weighted by Crippen LogP contribution is -2.50. The van der Waals surface area contributed by atoms with Crippen molar-refractivity contribution in [2.75, 3.05) is 52.4 Å². The third-order valence-corrected chi connectivity index (χ3v) is 9.72. The summed E-state index contributed by atoms with van der Waals surface area (Å²) < 4.78 is 173. The van der Waals surface area contributed by atoms with E-state index in [4.69, 9.17) is 9.56 Å². The third-order valence-electron chi connectivity index (χ3n) is 8.50. The van der Waals surface area contributed by atoms with Crippen LogP contribution in [0.25, 0.3) is 0 Å². The van der Waals surface area contributed by atoms with Gasteiger partial charge in [0.1, 0.15) is 0 Å². The number of alkyl halides is 12. The first-order valence-corrected chi connectivity index (χ1v) is 23.1. The molecule has 0 amide bonds. The molecular formula is C36H76F12N4O4S2. The zero-order valence-corrected chi connectivity index (χ0v) is 37.6. The van der Waals surface area contributed by atoms with Gasteiger partial charge in [0.05, 0.1) is 72.4 Å². The Hall–Kier alpha value is -1.10. The Kier molecular flexibility index (Phi) is 47.3. The molecule has 58 heavy (non-hydrogen) atoms. The molecule has 0 aliphatic rings. The average molecular weight is 921 g/mol. The maximum Gasteiger partial charge on any atom is 0.466 e. The van der Waals surface area contributed by atoms with Crippen LogP contribution in [0.3, 0.4) is 0 Å². The summed E-state index contributed by atoms with van der Waals surface area (Å²) in [6.45, 7) is 22.7. The molecule has 2 unspecified atom stereocenters. The minimum absolute atomic E-state index is 1.35. The molecule has 0 radical (unpaired) electrons. The summed E-state index contributed by atoms with van der Waals surface area (Å²) in [4.78, 5) is 0. The van der Waals surface area contributed by atoms with Gasteiger partial charge in [0.15, 0.2) is 0 Å². The van der Waals surface area contributed by atoms with Crippen molar-refractivity contribution in [3.63, 3.8) is 0 Å². The molecule has 0 aliphatic carbocycles. The largest absolute Gasteiger partial charge is 0.758 e. The minimum atomic E-state index is -5.59. The highest BCUT2D eigenvalue weighted by Crippen LogP contribution is 2.22. The lowest BCUT2D eigenvalue weighted by molar-refractivity contribution is -0.929. The molecule has 0 aromatic rings. The standard InChI is InChI=1S/2C16H36N.2CH2F3NO2S.2CHF3/c2*1-5-9-13-17(14-10-6-2,15-11-7-3)16-12-8-4;2*2-1(3,4)8(5,6)7;2*2-1(3)4/h2*5-16H2,1-4H3;2*(H2,5,6,7);2*1H/q2*+1;;;;/p-2. The fourth-order valence-corrected chi connectivity index (χ4v) is 5.29. The summed E-state index contributed by atoms with van der Waals surface area (Å²) in [5.74, 6) is 0. The van der Waals surface area contributed by atoms with Gasteiger partial charge in [-0.2, -0.15) is 52.7 Å². The molecule has 2 N–H and O–H groups in total. The van der Waals surface area contributed by atoms with E-state index in [9.17, 15) is 70.2 Å². The quantitative estimate of drug-likeness (QED) is 0.0738. The van der Waals surface area contributed by atoms with Crippen LogP contribution in [0.4, 0.5) is 52.7 Å². The number of rotatable bonds is 24. The lowest BCUT2D eigenvalue weighted by atomic mass is 10.1. The van der Waals surface area contributed by atoms with Crippen molar-refractivity contribution in [3.8, 4) is 0 Å². The normalized spacial score (nSPS) is 13.8. The van der Waals surface area contributed by atoms with Gasteiger partial charge in [0, 0.05) is 0 Å². The van der Waals surface area contributed by atoms with E-state index in [2.05, 4.69) is 55.4 Å². The minimum Gasteiger partial charge on any atom is -0.758 e. The average Bonchev–Trinajstić information content (AvgIpc) is 3.09. The van der Waals surface area contributed by atoms with Crippen LogP contribution >= 0.6 is 0 Å². The topological polar surface area (TPSA) is 128 Å². The predicted molar refractivity (Wildman–Crippen MR) is 208 cm³/mol. The molecule has 0 spiro atoms. The number of nitrogens with zero attached hydrogens (tertiary/aromatic N) is 2. The van der Waals surface area contributed by atoms with E-state index in [1.807, 2.05) is 0 Å². The molecule has 0 heterocycles. The highest BCUT2D eigenvalue weighted by atomic mass is 32.2. The molecule has 0 bridgehead atoms. The molecule has 0 aromatic carbocycles. The van der Waals surface area contributed by atoms with Gasteiger partial charge in [-0.25, -0.2) is 0 Å². The molecule has 0 saturated heterocycles. The molecule has 0 aliphatic heterocycles. The van der Waals surface area contributed by atoms with Crippen molar-refractivity contribution in [2.24, 2.45) is 0 Å². The number of unbranched alkanes of at least 4 members (excludes halogenated alkanes) is 8. The van der Waals surface area contributed by atoms with Crippen LogP contribution in [-0.4, -0.2) is 103 Å². The van der Waals surface area contributed by atoms with Crippen molar-refractivity contribution in [1.29, 1.82) is 9.56 Å². The Bertz CT molecular complexity index is 923. The second-order valence-corrected chi connectivity index (χ2v) is 16.6. The number of hydrogen-bond acceptors (Lipinski definition) is 6. The lowest BCUT2D eigenvalue weighted by Gasteiger charge is -2.39. The van der Waals surface area contributed by atoms with Crippen LogP contribution in [0, 0.1) is 9.56 Å². The second kappa shape index (κ2) is 40.0. The molecule has 8 nitrogen and oxygen atoms in total. The van der Waals surface area contributed by atoms with E-state index in [1.165, 1.54) is 164 Å². The molecule has 360 valence electrons. The smallest absolute Gasteiger partial charge is 0.466 e. The van der Waals surface area contributed by atoms with E-state index >= 15 is 0 Å². The summed E-state index contributed by atoms with van der Waals surface area (Å²) in [7, 11) is -11.2. The van der Waals surface area contributed by atoms with Crippen LogP contribution in [0.2, 0.25) is 0 Å². The number of hydrogen-bond donors (Lipinski definition) is 2. The van der Waals surface area contributed by atoms with Crippen molar-refractivity contribution < 1.29 is 79.2 Å². The molecule has 2 atom stereocenters. The summed E-state index contributed by atoms with van der Waals surface area (Å²) in [5, 5.41) is 0. The van der Waals surface area contributed by atoms with Crippen LogP contribution < -0.4 is 0 Å². The fourth-order valence-electron chi connectivity index (χ4n) is 5.29. The van der Waals surface area contributed by atoms with Gasteiger partial charge in [-0.05, 0) is 51.4 Å². The Balaban J connectivity index is -0.000000152. The first-order chi connectivity index (χ1) is 26.4. The predicted octanol–water partition coefficient (Wildman–Crippen LogP) is 13.7. The van der Waals surface area contributed by atoms with Crippen LogP contribution in [0.1, 0.15) is 158 Å². The zero-order valence-electron chi connectivity index (χ0n) is 36.0. The first-order valence-electron chi connectivity index (χ1n) is 20.1. The Morgan fingerprint density at radius 2 is 0.483 bits per heavy atom. The molecule has 0 saturated carbocycles. The van der Waals surface area contributed by atoms with Crippen LogP contribution in [0.5, 0.6) is 0 Å². The van der Waals surface area contributed by atoms with Crippen LogP contribution in [0.15, 0.2) is 0 Å². The van der Waals surface area contributed by atoms with Crippen LogP contribution in [-0.2, 0) is 20.0 Å². The summed E-state index contributed by atoms with van der Waals surface area (Å²) in [6.07, 6.45) is 22.1. The van der Waals surface area contributed by atoms with Crippen molar-refractivity contribution in [3.05, 3.63) is 0 Å². The number of nitrogens with one attached hydrogen (secondary N) is 2. The maximum absolute atomic E-state index is 10.8. The summed E-state index contributed by atoms with van der Waals surface area (Å²) >= 11 is 0. The molecule has 0 aromatic heterocycles. The van der Waals surface area contributed by atoms with Gasteiger partial charge in [-0.3, -0.25) is 18.0 Å². The SMILES string of the molecule is CCCC[N+](CCCC)(CCCC)CCCC.CCCC[N+](CCCC)(CCCC)CCCC.FC(F)F.FC(F)F.N=S(=O)([O-])C(F)(F)F.N=S(=O)([O-])C(F)(F)F. The van der Waals surface area contributed by atoms with E-state index in [-0.39, 0.29) is 0 Å².